The zero-order chi connectivity index (χ0) is 24.9. The van der Waals surface area contributed by atoms with E-state index in [1.807, 2.05) is 48.7 Å². The van der Waals surface area contributed by atoms with E-state index in [2.05, 4.69) is 72.4 Å². The van der Waals surface area contributed by atoms with Gasteiger partial charge in [0.1, 0.15) is 5.69 Å². The van der Waals surface area contributed by atoms with Gasteiger partial charge in [-0.2, -0.15) is 5.10 Å². The third kappa shape index (κ3) is 3.78. The van der Waals surface area contributed by atoms with Gasteiger partial charge < -0.3 is 14.9 Å². The van der Waals surface area contributed by atoms with E-state index in [4.69, 9.17) is 0 Å². The fourth-order valence-electron chi connectivity index (χ4n) is 5.02. The normalized spacial score (nSPS) is 13.8. The van der Waals surface area contributed by atoms with Crippen LogP contribution in [-0.2, 0) is 0 Å². The Hall–Kier alpha value is -4.72. The lowest BCUT2D eigenvalue weighted by Crippen LogP contribution is -2.18. The van der Waals surface area contributed by atoms with Crippen LogP contribution in [0.25, 0.3) is 50.1 Å². The van der Waals surface area contributed by atoms with Gasteiger partial charge in [-0.1, -0.05) is 19.1 Å². The molecule has 8 heteroatoms. The summed E-state index contributed by atoms with van der Waals surface area (Å²) in [5.41, 5.74) is 9.53. The van der Waals surface area contributed by atoms with Gasteiger partial charge in [0.25, 0.3) is 0 Å². The summed E-state index contributed by atoms with van der Waals surface area (Å²) in [4.78, 5) is 17.1. The summed E-state index contributed by atoms with van der Waals surface area (Å²) in [5, 5.41) is 13.3. The molecule has 1 aliphatic rings. The number of pyridine rings is 2. The Labute approximate surface area is 213 Å². The van der Waals surface area contributed by atoms with E-state index in [0.717, 1.165) is 67.2 Å². The van der Waals surface area contributed by atoms with Crippen molar-refractivity contribution in [1.29, 1.82) is 0 Å². The van der Waals surface area contributed by atoms with Gasteiger partial charge in [-0.05, 0) is 56.0 Å². The highest BCUT2D eigenvalue weighted by Crippen LogP contribution is 2.35. The maximum absolute atomic E-state index is 4.68. The van der Waals surface area contributed by atoms with Crippen LogP contribution in [0.3, 0.4) is 0 Å². The zero-order valence-electron chi connectivity index (χ0n) is 20.5. The monoisotopic (exact) mass is 486 g/mol. The summed E-state index contributed by atoms with van der Waals surface area (Å²) in [6.07, 6.45) is 13.1. The molecular formula is C29H26N8. The van der Waals surface area contributed by atoms with Crippen LogP contribution in [-0.4, -0.2) is 34.7 Å². The maximum atomic E-state index is 4.68. The molecule has 5 aromatic heterocycles. The lowest BCUT2D eigenvalue weighted by atomic mass is 9.83. The van der Waals surface area contributed by atoms with Crippen molar-refractivity contribution in [2.45, 2.75) is 26.2 Å². The van der Waals surface area contributed by atoms with E-state index in [0.29, 0.717) is 5.92 Å². The first-order valence-electron chi connectivity index (χ1n) is 12.5. The summed E-state index contributed by atoms with van der Waals surface area (Å²) in [6.45, 7) is 6.22. The zero-order valence-corrected chi connectivity index (χ0v) is 20.5. The molecule has 0 radical (unpaired) electrons. The quantitative estimate of drug-likeness (QED) is 0.253. The second-order valence-corrected chi connectivity index (χ2v) is 9.77. The molecule has 0 amide bonds. The molecule has 0 saturated heterocycles. The molecule has 7 rings (SSSR count). The number of fused-ring (bicyclic) bond motifs is 2. The van der Waals surface area contributed by atoms with Gasteiger partial charge in [-0.15, -0.1) is 0 Å². The largest absolute Gasteiger partial charge is 0.358 e. The highest BCUT2D eigenvalue weighted by molar-refractivity contribution is 5.98. The summed E-state index contributed by atoms with van der Waals surface area (Å²) >= 11 is 0. The van der Waals surface area contributed by atoms with Crippen LogP contribution >= 0.6 is 0 Å². The molecule has 5 heterocycles. The Morgan fingerprint density at radius 2 is 1.97 bits per heavy atom. The van der Waals surface area contributed by atoms with Crippen LogP contribution in [0.5, 0.6) is 0 Å². The number of aryl methyl sites for hydroxylation is 1. The highest BCUT2D eigenvalue weighted by Gasteiger charge is 2.21. The molecule has 1 aliphatic carbocycles. The average Bonchev–Trinajstić information content (AvgIpc) is 3.60. The molecule has 0 unspecified atom stereocenters. The molecule has 8 nitrogen and oxygen atoms in total. The van der Waals surface area contributed by atoms with Crippen LogP contribution < -0.4 is 5.32 Å². The predicted molar refractivity (Wildman–Crippen MR) is 146 cm³/mol. The molecule has 1 fully saturated rings. The van der Waals surface area contributed by atoms with Crippen molar-refractivity contribution in [1.82, 2.24) is 34.7 Å². The maximum Gasteiger partial charge on any atom is 0.116 e. The van der Waals surface area contributed by atoms with Crippen molar-refractivity contribution in [3.8, 4) is 28.3 Å². The predicted octanol–water partition coefficient (Wildman–Crippen LogP) is 6.39. The number of aromatic amines is 2. The Morgan fingerprint density at radius 1 is 1.05 bits per heavy atom. The first-order chi connectivity index (χ1) is 18.1. The second-order valence-electron chi connectivity index (χ2n) is 9.77. The number of hydrogen-bond donors (Lipinski definition) is 3. The number of hydrogen-bond acceptors (Lipinski definition) is 5. The minimum atomic E-state index is 0.557. The molecule has 0 atom stereocenters. The van der Waals surface area contributed by atoms with Crippen LogP contribution in [0.15, 0.2) is 79.8 Å². The SMILES string of the molecule is C=C(Nc1cncc(-c2cc3c(-c4cc5c(-n6cnc(C)c6)cccc5[nH]4)n[nH]c3cn2)c1)C1CCC1. The number of allylic oxidation sites excluding steroid dienone is 1. The second kappa shape index (κ2) is 8.44. The Kier molecular flexibility index (Phi) is 4.92. The van der Waals surface area contributed by atoms with Gasteiger partial charge in [0, 0.05) is 39.9 Å². The van der Waals surface area contributed by atoms with E-state index >= 15 is 0 Å². The van der Waals surface area contributed by atoms with Gasteiger partial charge >= 0.3 is 0 Å². The van der Waals surface area contributed by atoms with Crippen molar-refractivity contribution in [3.05, 3.63) is 85.5 Å². The van der Waals surface area contributed by atoms with Crippen molar-refractivity contribution in [2.75, 3.05) is 5.32 Å². The third-order valence-electron chi connectivity index (χ3n) is 7.27. The number of benzene rings is 1. The number of nitrogens with one attached hydrogen (secondary N) is 3. The van der Waals surface area contributed by atoms with Crippen molar-refractivity contribution in [2.24, 2.45) is 5.92 Å². The molecule has 182 valence electrons. The molecule has 0 bridgehead atoms. The molecular weight excluding hydrogens is 460 g/mol. The number of anilines is 1. The van der Waals surface area contributed by atoms with E-state index < -0.39 is 0 Å². The molecule has 37 heavy (non-hydrogen) atoms. The lowest BCUT2D eigenvalue weighted by molar-refractivity contribution is 0.371. The van der Waals surface area contributed by atoms with Crippen LogP contribution in [0, 0.1) is 12.8 Å². The number of imidazole rings is 1. The summed E-state index contributed by atoms with van der Waals surface area (Å²) in [6, 6.07) is 12.5. The molecule has 6 aromatic rings. The minimum absolute atomic E-state index is 0.557. The van der Waals surface area contributed by atoms with Gasteiger partial charge in [0.2, 0.25) is 0 Å². The Morgan fingerprint density at radius 3 is 2.78 bits per heavy atom. The summed E-state index contributed by atoms with van der Waals surface area (Å²) < 4.78 is 2.05. The van der Waals surface area contributed by atoms with E-state index in [1.54, 1.807) is 0 Å². The van der Waals surface area contributed by atoms with Gasteiger partial charge in [0.15, 0.2) is 0 Å². The Bertz CT molecular complexity index is 1780. The minimum Gasteiger partial charge on any atom is -0.358 e. The highest BCUT2D eigenvalue weighted by atomic mass is 15.1. The number of H-pyrrole nitrogens is 2. The van der Waals surface area contributed by atoms with Crippen LogP contribution in [0.1, 0.15) is 25.0 Å². The van der Waals surface area contributed by atoms with Crippen LogP contribution in [0.4, 0.5) is 5.69 Å². The molecule has 0 aliphatic heterocycles. The van der Waals surface area contributed by atoms with E-state index in [1.165, 1.54) is 19.3 Å². The smallest absolute Gasteiger partial charge is 0.116 e. The topological polar surface area (TPSA) is 100 Å². The molecule has 1 saturated carbocycles. The fourth-order valence-corrected chi connectivity index (χ4v) is 5.02. The number of rotatable bonds is 6. The van der Waals surface area contributed by atoms with Crippen LogP contribution in [0.2, 0.25) is 0 Å². The fraction of sp³-hybridized carbons (Fsp3) is 0.172. The Balaban J connectivity index is 1.26. The van der Waals surface area contributed by atoms with Crippen molar-refractivity contribution < 1.29 is 0 Å². The summed E-state index contributed by atoms with van der Waals surface area (Å²) in [5.74, 6) is 0.557. The van der Waals surface area contributed by atoms with Gasteiger partial charge in [-0.25, -0.2) is 4.98 Å². The molecule has 3 N–H and O–H groups in total. The van der Waals surface area contributed by atoms with E-state index in [9.17, 15) is 0 Å². The average molecular weight is 487 g/mol. The number of aromatic nitrogens is 7. The van der Waals surface area contributed by atoms with Gasteiger partial charge in [0.05, 0.1) is 52.7 Å². The standard InChI is InChI=1S/C29H26N8/c1-17-15-37(16-32-17)28-8-4-7-24-22(28)10-26(34-24)29-23-11-25(31-14-27(23)35-36-29)20-9-21(13-30-12-20)33-18(2)19-5-3-6-19/h4,7-16,19,33-34H,2-3,5-6H2,1H3,(H,35,36). The first-order valence-corrected chi connectivity index (χ1v) is 12.5. The molecule has 1 aromatic carbocycles. The van der Waals surface area contributed by atoms with Crippen molar-refractivity contribution >= 4 is 27.5 Å². The molecule has 0 spiro atoms. The number of nitrogens with zero attached hydrogens (tertiary/aromatic N) is 5. The van der Waals surface area contributed by atoms with E-state index in [-0.39, 0.29) is 0 Å². The van der Waals surface area contributed by atoms with Crippen molar-refractivity contribution in [3.63, 3.8) is 0 Å². The lowest BCUT2D eigenvalue weighted by Gasteiger charge is -2.28. The summed E-state index contributed by atoms with van der Waals surface area (Å²) in [7, 11) is 0. The third-order valence-corrected chi connectivity index (χ3v) is 7.27. The van der Waals surface area contributed by atoms with Gasteiger partial charge in [-0.3, -0.25) is 15.1 Å². The first kappa shape index (κ1) is 21.6.